The third kappa shape index (κ3) is 1.31. The molecule has 2 heterocycles. The summed E-state index contributed by atoms with van der Waals surface area (Å²) in [4.78, 5) is 11.3. The molecule has 1 unspecified atom stereocenters. The summed E-state index contributed by atoms with van der Waals surface area (Å²) in [5.74, 6) is -0.468. The van der Waals surface area contributed by atoms with Gasteiger partial charge in [0, 0.05) is 6.20 Å². The second kappa shape index (κ2) is 3.35. The molecule has 0 amide bonds. The van der Waals surface area contributed by atoms with Crippen LogP contribution in [0.25, 0.3) is 5.69 Å². The van der Waals surface area contributed by atoms with Gasteiger partial charge in [-0.25, -0.2) is 9.48 Å². The lowest BCUT2D eigenvalue weighted by molar-refractivity contribution is 0.0505. The Morgan fingerprint density at radius 2 is 2.06 bits per heavy atom. The van der Waals surface area contributed by atoms with Crippen molar-refractivity contribution in [3.8, 4) is 5.69 Å². The highest BCUT2D eigenvalue weighted by Gasteiger charge is 2.33. The fourth-order valence-electron chi connectivity index (χ4n) is 1.64. The van der Waals surface area contributed by atoms with Gasteiger partial charge < -0.3 is 4.74 Å². The van der Waals surface area contributed by atoms with Crippen molar-refractivity contribution in [3.05, 3.63) is 47.8 Å². The van der Waals surface area contributed by atoms with Gasteiger partial charge in [-0.2, -0.15) is 5.10 Å². The zero-order chi connectivity index (χ0) is 11.1. The second-order valence-electron chi connectivity index (χ2n) is 3.43. The van der Waals surface area contributed by atoms with E-state index >= 15 is 0 Å². The lowest BCUT2D eigenvalue weighted by atomic mass is 10.3. The van der Waals surface area contributed by atoms with E-state index in [0.29, 0.717) is 11.3 Å². The van der Waals surface area contributed by atoms with E-state index in [1.54, 1.807) is 10.9 Å². The number of esters is 1. The van der Waals surface area contributed by atoms with Gasteiger partial charge in [0.15, 0.2) is 5.69 Å². The number of ether oxygens (including phenoxy) is 1. The topological polar surface area (TPSA) is 44.1 Å². The molecule has 0 saturated heterocycles. The lowest BCUT2D eigenvalue weighted by Gasteiger charge is -2.02. The number of benzene rings is 1. The van der Waals surface area contributed by atoms with Crippen molar-refractivity contribution in [1.29, 1.82) is 0 Å². The molecule has 1 aromatic carbocycles. The average molecular weight is 235 g/mol. The van der Waals surface area contributed by atoms with E-state index in [1.165, 1.54) is 0 Å². The zero-order valence-corrected chi connectivity index (χ0v) is 8.89. The SMILES string of the molecule is O=C1OC(Cl)c2cn(-c3ccccc3)nc21. The third-order valence-corrected chi connectivity index (χ3v) is 2.74. The Labute approximate surface area is 96.4 Å². The maximum Gasteiger partial charge on any atom is 0.361 e. The van der Waals surface area contributed by atoms with Gasteiger partial charge in [0.05, 0.1) is 11.3 Å². The Balaban J connectivity index is 2.10. The van der Waals surface area contributed by atoms with Crippen molar-refractivity contribution >= 4 is 17.6 Å². The molecular weight excluding hydrogens is 228 g/mol. The molecule has 1 aromatic heterocycles. The van der Waals surface area contributed by atoms with Gasteiger partial charge in [-0.3, -0.25) is 0 Å². The molecule has 80 valence electrons. The number of cyclic esters (lactones) is 1. The summed E-state index contributed by atoms with van der Waals surface area (Å²) in [5, 5.41) is 4.15. The summed E-state index contributed by atoms with van der Waals surface area (Å²) < 4.78 is 6.44. The number of fused-ring (bicyclic) bond motifs is 1. The number of hydrogen-bond donors (Lipinski definition) is 0. The normalized spacial score (nSPS) is 18.3. The van der Waals surface area contributed by atoms with Gasteiger partial charge in [-0.15, -0.1) is 0 Å². The van der Waals surface area contributed by atoms with Gasteiger partial charge in [0.25, 0.3) is 0 Å². The van der Waals surface area contributed by atoms with Crippen molar-refractivity contribution < 1.29 is 9.53 Å². The highest BCUT2D eigenvalue weighted by Crippen LogP contribution is 2.33. The number of aromatic nitrogens is 2. The molecule has 1 atom stereocenters. The van der Waals surface area contributed by atoms with E-state index in [9.17, 15) is 4.79 Å². The summed E-state index contributed by atoms with van der Waals surface area (Å²) in [5.41, 5.74) is 1.08. The van der Waals surface area contributed by atoms with Crippen LogP contribution in [0.3, 0.4) is 0 Å². The monoisotopic (exact) mass is 234 g/mol. The van der Waals surface area contributed by atoms with E-state index in [0.717, 1.165) is 5.69 Å². The molecule has 0 saturated carbocycles. The minimum absolute atomic E-state index is 0.295. The minimum Gasteiger partial charge on any atom is -0.436 e. The fraction of sp³-hybridized carbons (Fsp3) is 0.0909. The number of alkyl halides is 1. The first-order valence-electron chi connectivity index (χ1n) is 4.76. The molecule has 0 N–H and O–H groups in total. The standard InChI is InChI=1S/C11H7ClN2O2/c12-10-8-6-14(7-4-2-1-3-5-7)13-9(8)11(15)16-10/h1-6,10H. The van der Waals surface area contributed by atoms with Gasteiger partial charge in [0.1, 0.15) is 0 Å². The van der Waals surface area contributed by atoms with Gasteiger partial charge in [0.2, 0.25) is 5.56 Å². The quantitative estimate of drug-likeness (QED) is 0.562. The first kappa shape index (κ1) is 9.42. The third-order valence-electron chi connectivity index (χ3n) is 2.41. The molecule has 16 heavy (non-hydrogen) atoms. The number of carbonyl (C=O) groups is 1. The smallest absolute Gasteiger partial charge is 0.361 e. The summed E-state index contributed by atoms with van der Waals surface area (Å²) in [6.45, 7) is 0. The maximum atomic E-state index is 11.3. The van der Waals surface area contributed by atoms with Crippen molar-refractivity contribution in [1.82, 2.24) is 9.78 Å². The summed E-state index contributed by atoms with van der Waals surface area (Å²) >= 11 is 5.84. The predicted molar refractivity (Wildman–Crippen MR) is 57.6 cm³/mol. The number of hydrogen-bond acceptors (Lipinski definition) is 3. The molecule has 0 bridgehead atoms. The Morgan fingerprint density at radius 3 is 2.75 bits per heavy atom. The van der Waals surface area contributed by atoms with Crippen LogP contribution in [0.15, 0.2) is 36.5 Å². The first-order chi connectivity index (χ1) is 7.75. The van der Waals surface area contributed by atoms with Crippen LogP contribution in [0.4, 0.5) is 0 Å². The van der Waals surface area contributed by atoms with E-state index in [2.05, 4.69) is 5.10 Å². The number of rotatable bonds is 1. The summed E-state index contributed by atoms with van der Waals surface area (Å²) in [6.07, 6.45) is 1.72. The molecule has 1 aliphatic rings. The molecule has 5 heteroatoms. The molecule has 0 radical (unpaired) electrons. The molecule has 0 spiro atoms. The van der Waals surface area contributed by atoms with Crippen LogP contribution in [-0.4, -0.2) is 15.7 Å². The van der Waals surface area contributed by atoms with Gasteiger partial charge >= 0.3 is 5.97 Å². The highest BCUT2D eigenvalue weighted by atomic mass is 35.5. The minimum atomic E-state index is -0.722. The van der Waals surface area contributed by atoms with Crippen molar-refractivity contribution in [2.75, 3.05) is 0 Å². The molecule has 4 nitrogen and oxygen atoms in total. The maximum absolute atomic E-state index is 11.3. The molecule has 1 aliphatic heterocycles. The predicted octanol–water partition coefficient (Wildman–Crippen LogP) is 2.28. The van der Waals surface area contributed by atoms with Crippen LogP contribution in [0.5, 0.6) is 0 Å². The Morgan fingerprint density at radius 1 is 1.31 bits per heavy atom. The molecule has 0 fully saturated rings. The van der Waals surface area contributed by atoms with Crippen LogP contribution in [0.2, 0.25) is 0 Å². The Hall–Kier alpha value is -1.81. The molecule has 2 aromatic rings. The number of para-hydroxylation sites is 1. The van der Waals surface area contributed by atoms with Crippen molar-refractivity contribution in [3.63, 3.8) is 0 Å². The average Bonchev–Trinajstić information content (AvgIpc) is 2.83. The van der Waals surface area contributed by atoms with E-state index < -0.39 is 11.5 Å². The fourth-order valence-corrected chi connectivity index (χ4v) is 1.88. The van der Waals surface area contributed by atoms with E-state index in [4.69, 9.17) is 16.3 Å². The van der Waals surface area contributed by atoms with Crippen LogP contribution < -0.4 is 0 Å². The number of carbonyl (C=O) groups excluding carboxylic acids is 1. The molecule has 3 rings (SSSR count). The second-order valence-corrected chi connectivity index (χ2v) is 3.83. The van der Waals surface area contributed by atoms with Crippen molar-refractivity contribution in [2.24, 2.45) is 0 Å². The summed E-state index contributed by atoms with van der Waals surface area (Å²) in [6, 6.07) is 9.52. The number of nitrogens with zero attached hydrogens (tertiary/aromatic N) is 2. The Bertz CT molecular complexity index is 550. The number of halogens is 1. The molecular formula is C11H7ClN2O2. The van der Waals surface area contributed by atoms with Gasteiger partial charge in [-0.1, -0.05) is 29.8 Å². The van der Waals surface area contributed by atoms with Crippen LogP contribution in [0, 0.1) is 0 Å². The molecule has 0 aliphatic carbocycles. The van der Waals surface area contributed by atoms with Crippen molar-refractivity contribution in [2.45, 2.75) is 5.56 Å². The summed E-state index contributed by atoms with van der Waals surface area (Å²) in [7, 11) is 0. The first-order valence-corrected chi connectivity index (χ1v) is 5.19. The van der Waals surface area contributed by atoms with Crippen LogP contribution in [0.1, 0.15) is 21.6 Å². The largest absolute Gasteiger partial charge is 0.436 e. The van der Waals surface area contributed by atoms with Gasteiger partial charge in [-0.05, 0) is 12.1 Å². The Kier molecular flexibility index (Phi) is 1.97. The van der Waals surface area contributed by atoms with E-state index in [1.807, 2.05) is 30.3 Å². The lowest BCUT2D eigenvalue weighted by Crippen LogP contribution is -2.01. The van der Waals surface area contributed by atoms with E-state index in [-0.39, 0.29) is 0 Å². The van der Waals surface area contributed by atoms with Crippen LogP contribution >= 0.6 is 11.6 Å². The zero-order valence-electron chi connectivity index (χ0n) is 8.13. The highest BCUT2D eigenvalue weighted by molar-refractivity contribution is 6.22. The van der Waals surface area contributed by atoms with Crippen LogP contribution in [-0.2, 0) is 4.74 Å².